The molecule has 4 fully saturated rings. The van der Waals surface area contributed by atoms with Crippen molar-refractivity contribution in [1.29, 1.82) is 0 Å². The van der Waals surface area contributed by atoms with Crippen molar-refractivity contribution in [2.45, 2.75) is 44.9 Å². The SMILES string of the molecule is O=C(CCNCC12CC3CC(CC(C3)C1)C2)c1cccc([N+](=O)[O-])c1. The summed E-state index contributed by atoms with van der Waals surface area (Å²) in [4.78, 5) is 22.6. The lowest BCUT2D eigenvalue weighted by Crippen LogP contribution is -2.50. The number of nitrogens with zero attached hydrogens (tertiary/aromatic N) is 1. The van der Waals surface area contributed by atoms with E-state index in [0.29, 0.717) is 23.9 Å². The van der Waals surface area contributed by atoms with Gasteiger partial charge in [-0.3, -0.25) is 14.9 Å². The minimum Gasteiger partial charge on any atom is -0.316 e. The fourth-order valence-corrected chi connectivity index (χ4v) is 6.00. The Bertz CT molecular complexity index is 650. The summed E-state index contributed by atoms with van der Waals surface area (Å²) in [6.07, 6.45) is 8.84. The number of benzene rings is 1. The van der Waals surface area contributed by atoms with E-state index in [0.717, 1.165) is 24.3 Å². The summed E-state index contributed by atoms with van der Waals surface area (Å²) in [5, 5.41) is 14.3. The fraction of sp³-hybridized carbons (Fsp3) is 0.650. The number of hydrogen-bond acceptors (Lipinski definition) is 4. The number of Topliss-reactive ketones (excluding diaryl/α,β-unsaturated/α-hetero) is 1. The smallest absolute Gasteiger partial charge is 0.270 e. The molecule has 0 saturated heterocycles. The van der Waals surface area contributed by atoms with E-state index < -0.39 is 4.92 Å². The van der Waals surface area contributed by atoms with Gasteiger partial charge in [-0.1, -0.05) is 12.1 Å². The first-order chi connectivity index (χ1) is 12.0. The van der Waals surface area contributed by atoms with E-state index in [1.54, 1.807) is 12.1 Å². The quantitative estimate of drug-likeness (QED) is 0.352. The van der Waals surface area contributed by atoms with Crippen LogP contribution in [-0.2, 0) is 0 Å². The van der Waals surface area contributed by atoms with Crippen LogP contribution in [0.15, 0.2) is 24.3 Å². The summed E-state index contributed by atoms with van der Waals surface area (Å²) in [7, 11) is 0. The number of nitro benzene ring substituents is 1. The average Bonchev–Trinajstić information content (AvgIpc) is 2.57. The van der Waals surface area contributed by atoms with Crippen LogP contribution in [0.2, 0.25) is 0 Å². The molecule has 0 aliphatic heterocycles. The highest BCUT2D eigenvalue weighted by Crippen LogP contribution is 2.59. The van der Waals surface area contributed by atoms with Crippen molar-refractivity contribution in [2.24, 2.45) is 23.2 Å². The molecule has 0 unspecified atom stereocenters. The van der Waals surface area contributed by atoms with Gasteiger partial charge in [0.2, 0.25) is 0 Å². The molecule has 0 heterocycles. The number of nitrogens with one attached hydrogen (secondary N) is 1. The third kappa shape index (κ3) is 3.47. The van der Waals surface area contributed by atoms with E-state index in [-0.39, 0.29) is 11.5 Å². The van der Waals surface area contributed by atoms with Crippen LogP contribution < -0.4 is 5.32 Å². The largest absolute Gasteiger partial charge is 0.316 e. The van der Waals surface area contributed by atoms with E-state index in [1.807, 2.05) is 0 Å². The van der Waals surface area contributed by atoms with Crippen LogP contribution in [-0.4, -0.2) is 23.8 Å². The van der Waals surface area contributed by atoms with Gasteiger partial charge in [0.05, 0.1) is 4.92 Å². The molecule has 0 atom stereocenters. The molecule has 1 N–H and O–H groups in total. The number of hydrogen-bond donors (Lipinski definition) is 1. The van der Waals surface area contributed by atoms with Gasteiger partial charge in [-0.15, -0.1) is 0 Å². The maximum Gasteiger partial charge on any atom is 0.270 e. The standard InChI is InChI=1S/C20H26N2O3/c23-19(17-2-1-3-18(9-17)22(24)25)4-5-21-13-20-10-14-6-15(11-20)8-16(7-14)12-20/h1-3,9,14-16,21H,4-8,10-13H2. The number of ketones is 1. The molecule has 0 radical (unpaired) electrons. The molecule has 4 bridgehead atoms. The summed E-state index contributed by atoms with van der Waals surface area (Å²) in [5.74, 6) is 2.81. The molecule has 5 heteroatoms. The summed E-state index contributed by atoms with van der Waals surface area (Å²) < 4.78 is 0. The van der Waals surface area contributed by atoms with Crippen molar-refractivity contribution >= 4 is 11.5 Å². The number of rotatable bonds is 7. The Hall–Kier alpha value is -1.75. The van der Waals surface area contributed by atoms with Gasteiger partial charge in [0.15, 0.2) is 5.78 Å². The molecule has 0 aromatic heterocycles. The molecule has 4 aliphatic carbocycles. The zero-order chi connectivity index (χ0) is 17.4. The van der Waals surface area contributed by atoms with Crippen LogP contribution in [0, 0.1) is 33.3 Å². The monoisotopic (exact) mass is 342 g/mol. The molecule has 5 rings (SSSR count). The van der Waals surface area contributed by atoms with Gasteiger partial charge < -0.3 is 5.32 Å². The van der Waals surface area contributed by atoms with Crippen molar-refractivity contribution in [2.75, 3.05) is 13.1 Å². The number of carbonyl (C=O) groups is 1. The first-order valence-electron chi connectivity index (χ1n) is 9.51. The number of carbonyl (C=O) groups excluding carboxylic acids is 1. The summed E-state index contributed by atoms with van der Waals surface area (Å²) in [5.41, 5.74) is 0.891. The lowest BCUT2D eigenvalue weighted by molar-refractivity contribution is -0.384. The Kier molecular flexibility index (Phi) is 4.36. The van der Waals surface area contributed by atoms with E-state index in [4.69, 9.17) is 0 Å². The van der Waals surface area contributed by atoms with E-state index in [9.17, 15) is 14.9 Å². The molecular formula is C20H26N2O3. The van der Waals surface area contributed by atoms with Crippen LogP contribution in [0.4, 0.5) is 5.69 Å². The topological polar surface area (TPSA) is 72.2 Å². The second kappa shape index (κ2) is 6.52. The van der Waals surface area contributed by atoms with Gasteiger partial charge in [-0.25, -0.2) is 0 Å². The molecule has 0 spiro atoms. The predicted molar refractivity (Wildman–Crippen MR) is 95.5 cm³/mol. The van der Waals surface area contributed by atoms with Crippen LogP contribution in [0.1, 0.15) is 55.3 Å². The van der Waals surface area contributed by atoms with Crippen molar-refractivity contribution < 1.29 is 9.72 Å². The second-order valence-corrected chi connectivity index (χ2v) is 8.57. The summed E-state index contributed by atoms with van der Waals surface area (Å²) in [6, 6.07) is 6.03. The molecule has 4 saturated carbocycles. The molecule has 1 aromatic rings. The predicted octanol–water partition coefficient (Wildman–Crippen LogP) is 3.97. The first-order valence-corrected chi connectivity index (χ1v) is 9.51. The van der Waals surface area contributed by atoms with Gasteiger partial charge in [-0.2, -0.15) is 0 Å². The van der Waals surface area contributed by atoms with Crippen LogP contribution in [0.5, 0.6) is 0 Å². The van der Waals surface area contributed by atoms with Gasteiger partial charge in [0, 0.05) is 37.2 Å². The van der Waals surface area contributed by atoms with Crippen molar-refractivity contribution in [1.82, 2.24) is 5.32 Å². The molecule has 25 heavy (non-hydrogen) atoms. The summed E-state index contributed by atoms with van der Waals surface area (Å²) >= 11 is 0. The van der Waals surface area contributed by atoms with E-state index in [2.05, 4.69) is 5.32 Å². The van der Waals surface area contributed by atoms with Crippen molar-refractivity contribution in [3.8, 4) is 0 Å². The molecular weight excluding hydrogens is 316 g/mol. The highest BCUT2D eigenvalue weighted by atomic mass is 16.6. The highest BCUT2D eigenvalue weighted by molar-refractivity contribution is 5.96. The lowest BCUT2D eigenvalue weighted by Gasteiger charge is -2.57. The minimum atomic E-state index is -0.456. The van der Waals surface area contributed by atoms with Gasteiger partial charge in [0.25, 0.3) is 5.69 Å². The molecule has 5 nitrogen and oxygen atoms in total. The van der Waals surface area contributed by atoms with Crippen molar-refractivity contribution in [3.05, 3.63) is 39.9 Å². The maximum atomic E-state index is 12.3. The van der Waals surface area contributed by atoms with Crippen LogP contribution in [0.25, 0.3) is 0 Å². The van der Waals surface area contributed by atoms with E-state index in [1.165, 1.54) is 50.7 Å². The van der Waals surface area contributed by atoms with Gasteiger partial charge in [-0.05, 0) is 61.7 Å². The third-order valence-corrected chi connectivity index (χ3v) is 6.57. The fourth-order valence-electron chi connectivity index (χ4n) is 6.00. The van der Waals surface area contributed by atoms with E-state index >= 15 is 0 Å². The molecule has 4 aliphatic rings. The molecule has 0 amide bonds. The Morgan fingerprint density at radius 2 is 1.80 bits per heavy atom. The number of non-ortho nitro benzene ring substituents is 1. The Morgan fingerprint density at radius 1 is 1.16 bits per heavy atom. The molecule has 1 aromatic carbocycles. The van der Waals surface area contributed by atoms with Crippen LogP contribution in [0.3, 0.4) is 0 Å². The van der Waals surface area contributed by atoms with Crippen LogP contribution >= 0.6 is 0 Å². The Morgan fingerprint density at radius 3 is 2.40 bits per heavy atom. The molecule has 134 valence electrons. The average molecular weight is 342 g/mol. The Balaban J connectivity index is 1.28. The van der Waals surface area contributed by atoms with Gasteiger partial charge in [0.1, 0.15) is 0 Å². The maximum absolute atomic E-state index is 12.3. The van der Waals surface area contributed by atoms with Gasteiger partial charge >= 0.3 is 0 Å². The lowest BCUT2D eigenvalue weighted by atomic mass is 9.49. The number of nitro groups is 1. The van der Waals surface area contributed by atoms with Crippen molar-refractivity contribution in [3.63, 3.8) is 0 Å². The Labute approximate surface area is 148 Å². The zero-order valence-corrected chi connectivity index (χ0v) is 14.6. The minimum absolute atomic E-state index is 0.0209. The normalized spacial score (nSPS) is 32.7. The summed E-state index contributed by atoms with van der Waals surface area (Å²) in [6.45, 7) is 1.68. The zero-order valence-electron chi connectivity index (χ0n) is 14.6. The highest BCUT2D eigenvalue weighted by Gasteiger charge is 2.50. The third-order valence-electron chi connectivity index (χ3n) is 6.57. The second-order valence-electron chi connectivity index (χ2n) is 8.57. The first kappa shape index (κ1) is 16.7.